The molecule has 0 aliphatic rings. The number of aromatic nitrogens is 2. The first-order chi connectivity index (χ1) is 4.66. The highest BCUT2D eigenvalue weighted by atomic mass is 127. The highest BCUT2D eigenvalue weighted by Crippen LogP contribution is 2.17. The third-order valence-corrected chi connectivity index (χ3v) is 2.83. The summed E-state index contributed by atoms with van der Waals surface area (Å²) in [5, 5.41) is 8.81. The van der Waals surface area contributed by atoms with E-state index in [1.165, 1.54) is 0 Å². The summed E-state index contributed by atoms with van der Waals surface area (Å²) in [7, 11) is 0. The van der Waals surface area contributed by atoms with Gasteiger partial charge >= 0.3 is 0 Å². The molecule has 0 radical (unpaired) electrons. The fourth-order valence-electron chi connectivity index (χ4n) is 0.554. The Morgan fingerprint density at radius 1 is 1.80 bits per heavy atom. The first-order valence-corrected chi connectivity index (χ1v) is 3.82. The van der Waals surface area contributed by atoms with Gasteiger partial charge < -0.3 is 0 Å². The van der Waals surface area contributed by atoms with Gasteiger partial charge in [0.15, 0.2) is 5.69 Å². The molecule has 0 fully saturated rings. The van der Waals surface area contributed by atoms with Crippen LogP contribution in [0.5, 0.6) is 0 Å². The van der Waals surface area contributed by atoms with Crippen LogP contribution in [0.25, 0.3) is 0 Å². The van der Waals surface area contributed by atoms with Gasteiger partial charge in [0.05, 0.1) is 28.6 Å². The largest absolute Gasteiger partial charge is 0.258 e. The van der Waals surface area contributed by atoms with E-state index >= 15 is 0 Å². The molecule has 1 rings (SSSR count). The Morgan fingerprint density at radius 2 is 2.40 bits per heavy atom. The van der Waals surface area contributed by atoms with E-state index in [0.29, 0.717) is 11.0 Å². The zero-order valence-electron chi connectivity index (χ0n) is 5.10. The lowest BCUT2D eigenvalue weighted by molar-refractivity contribution is 1.21. The first kappa shape index (κ1) is 7.82. The molecular formula is C5H3ClIN3. The van der Waals surface area contributed by atoms with E-state index < -0.39 is 0 Å². The van der Waals surface area contributed by atoms with Crippen molar-refractivity contribution in [3.63, 3.8) is 0 Å². The summed E-state index contributed by atoms with van der Waals surface area (Å²) in [5.74, 6) is 0. The Kier molecular flexibility index (Phi) is 2.16. The summed E-state index contributed by atoms with van der Waals surface area (Å²) in [6.07, 6.45) is 0. The summed E-state index contributed by atoms with van der Waals surface area (Å²) < 4.78 is 1.64. The standard InChI is InChI=1S/C5H3ClIN3/c1-3-4(2-8)9-5(6)10(3)7/h1H3. The van der Waals surface area contributed by atoms with Crippen LogP contribution in [-0.4, -0.2) is 7.76 Å². The fraction of sp³-hybridized carbons (Fsp3) is 0.200. The Labute approximate surface area is 77.1 Å². The molecule has 0 aliphatic heterocycles. The lowest BCUT2D eigenvalue weighted by atomic mass is 10.4. The van der Waals surface area contributed by atoms with Crippen LogP contribution < -0.4 is 0 Å². The molecule has 0 atom stereocenters. The van der Waals surface area contributed by atoms with E-state index in [1.54, 1.807) is 9.70 Å². The summed E-state index contributed by atoms with van der Waals surface area (Å²) in [5.41, 5.74) is 1.17. The van der Waals surface area contributed by atoms with E-state index in [9.17, 15) is 0 Å². The van der Waals surface area contributed by atoms with Gasteiger partial charge in [-0.05, 0) is 18.5 Å². The van der Waals surface area contributed by atoms with Crippen molar-refractivity contribution in [1.82, 2.24) is 7.76 Å². The molecule has 5 heteroatoms. The summed E-state index contributed by atoms with van der Waals surface area (Å²) in [6, 6.07) is 1.94. The predicted molar refractivity (Wildman–Crippen MR) is 46.1 cm³/mol. The summed E-state index contributed by atoms with van der Waals surface area (Å²) >= 11 is 7.59. The molecule has 10 heavy (non-hydrogen) atoms. The van der Waals surface area contributed by atoms with Gasteiger partial charge in [-0.2, -0.15) is 5.26 Å². The fourth-order valence-corrected chi connectivity index (χ4v) is 1.10. The second-order valence-corrected chi connectivity index (χ2v) is 3.01. The van der Waals surface area contributed by atoms with Crippen LogP contribution in [0.4, 0.5) is 0 Å². The summed E-state index contributed by atoms with van der Waals surface area (Å²) in [6.45, 7) is 1.80. The second kappa shape index (κ2) is 2.76. The van der Waals surface area contributed by atoms with Crippen molar-refractivity contribution in [3.8, 4) is 6.07 Å². The number of imidazole rings is 1. The Balaban J connectivity index is 3.34. The highest BCUT2D eigenvalue weighted by Gasteiger charge is 2.08. The van der Waals surface area contributed by atoms with Gasteiger partial charge in [0.2, 0.25) is 5.28 Å². The van der Waals surface area contributed by atoms with Gasteiger partial charge in [0.25, 0.3) is 0 Å². The van der Waals surface area contributed by atoms with Crippen LogP contribution in [0.3, 0.4) is 0 Å². The lowest BCUT2D eigenvalue weighted by Gasteiger charge is -1.89. The Bertz CT molecular complexity index is 299. The SMILES string of the molecule is Cc1c(C#N)nc(Cl)n1I. The van der Waals surface area contributed by atoms with Crippen molar-refractivity contribution >= 4 is 34.5 Å². The maximum atomic E-state index is 8.47. The molecule has 3 nitrogen and oxygen atoms in total. The van der Waals surface area contributed by atoms with Gasteiger partial charge in [-0.25, -0.2) is 4.98 Å². The molecule has 0 unspecified atom stereocenters. The molecule has 1 aromatic heterocycles. The molecule has 0 aromatic carbocycles. The molecule has 0 saturated heterocycles. The number of hydrogen-bond acceptors (Lipinski definition) is 2. The molecule has 1 aromatic rings. The van der Waals surface area contributed by atoms with Gasteiger partial charge in [-0.15, -0.1) is 0 Å². The van der Waals surface area contributed by atoms with E-state index in [2.05, 4.69) is 4.98 Å². The van der Waals surface area contributed by atoms with Crippen LogP contribution in [0.15, 0.2) is 0 Å². The summed E-state index contributed by atoms with van der Waals surface area (Å²) in [4.78, 5) is 3.79. The van der Waals surface area contributed by atoms with Gasteiger partial charge in [0.1, 0.15) is 6.07 Å². The van der Waals surface area contributed by atoms with E-state index in [0.717, 1.165) is 5.69 Å². The minimum atomic E-state index is 0.342. The molecule has 0 saturated carbocycles. The average molecular weight is 267 g/mol. The van der Waals surface area contributed by atoms with Crippen LogP contribution in [0.1, 0.15) is 11.4 Å². The third-order valence-electron chi connectivity index (χ3n) is 1.11. The van der Waals surface area contributed by atoms with E-state index in [1.807, 2.05) is 28.9 Å². The van der Waals surface area contributed by atoms with Crippen molar-refractivity contribution in [3.05, 3.63) is 16.7 Å². The highest BCUT2D eigenvalue weighted by molar-refractivity contribution is 14.1. The van der Waals surface area contributed by atoms with Crippen LogP contribution >= 0.6 is 34.5 Å². The first-order valence-electron chi connectivity index (χ1n) is 2.48. The normalized spacial score (nSPS) is 9.40. The Hall–Kier alpha value is -0.280. The van der Waals surface area contributed by atoms with Crippen molar-refractivity contribution < 1.29 is 0 Å². The molecule has 0 bridgehead atoms. The maximum absolute atomic E-state index is 8.47. The maximum Gasteiger partial charge on any atom is 0.213 e. The molecule has 0 amide bonds. The molecule has 52 valence electrons. The zero-order chi connectivity index (χ0) is 7.72. The molecular weight excluding hydrogens is 264 g/mol. The van der Waals surface area contributed by atoms with Gasteiger partial charge in [0, 0.05) is 0 Å². The van der Waals surface area contributed by atoms with Crippen molar-refractivity contribution in [1.29, 1.82) is 5.26 Å². The van der Waals surface area contributed by atoms with Crippen LogP contribution in [-0.2, 0) is 0 Å². The monoisotopic (exact) mass is 267 g/mol. The van der Waals surface area contributed by atoms with Crippen molar-refractivity contribution in [2.75, 3.05) is 0 Å². The van der Waals surface area contributed by atoms with Gasteiger partial charge in [-0.1, -0.05) is 0 Å². The topological polar surface area (TPSA) is 41.6 Å². The average Bonchev–Trinajstić information content (AvgIpc) is 2.17. The smallest absolute Gasteiger partial charge is 0.213 e. The molecule has 0 spiro atoms. The van der Waals surface area contributed by atoms with Gasteiger partial charge in [-0.3, -0.25) is 2.78 Å². The molecule has 1 heterocycles. The van der Waals surface area contributed by atoms with E-state index in [-0.39, 0.29) is 0 Å². The van der Waals surface area contributed by atoms with E-state index in [4.69, 9.17) is 16.9 Å². The molecule has 0 aliphatic carbocycles. The van der Waals surface area contributed by atoms with Crippen molar-refractivity contribution in [2.45, 2.75) is 6.92 Å². The van der Waals surface area contributed by atoms with Crippen LogP contribution in [0.2, 0.25) is 5.28 Å². The number of hydrogen-bond donors (Lipinski definition) is 0. The predicted octanol–water partition coefficient (Wildman–Crippen LogP) is 1.91. The third kappa shape index (κ3) is 1.11. The minimum absolute atomic E-state index is 0.342. The minimum Gasteiger partial charge on any atom is -0.258 e. The Morgan fingerprint density at radius 3 is 2.60 bits per heavy atom. The second-order valence-electron chi connectivity index (χ2n) is 1.71. The van der Waals surface area contributed by atoms with Crippen LogP contribution in [0, 0.1) is 18.3 Å². The number of rotatable bonds is 0. The quantitative estimate of drug-likeness (QED) is 0.674. The lowest BCUT2D eigenvalue weighted by Crippen LogP contribution is -1.82. The number of nitriles is 1. The number of nitrogens with zero attached hydrogens (tertiary/aromatic N) is 3. The zero-order valence-corrected chi connectivity index (χ0v) is 8.01. The number of halogens is 2. The molecule has 0 N–H and O–H groups in total. The van der Waals surface area contributed by atoms with Crippen molar-refractivity contribution in [2.24, 2.45) is 0 Å².